The van der Waals surface area contributed by atoms with Crippen molar-refractivity contribution in [2.45, 2.75) is 31.8 Å². The molecule has 2 N–H and O–H groups in total. The topological polar surface area (TPSA) is 74.2 Å². The van der Waals surface area contributed by atoms with Crippen molar-refractivity contribution < 1.29 is 9.26 Å². The Morgan fingerprint density at radius 1 is 1.20 bits per heavy atom. The standard InChI is InChI=1S/C15H21N3O2/c1-19-14(12-8-4-2-5-9-12)15-17-13(20-18-15)10-6-3-7-11-16/h2,4-5,8-9,14H,3,6-7,10-11,16H2,1H3. The Balaban J connectivity index is 1.99. The number of nitrogens with two attached hydrogens (primary N) is 1. The first-order valence-electron chi connectivity index (χ1n) is 6.95. The molecule has 2 aromatic rings. The van der Waals surface area contributed by atoms with Crippen LogP contribution in [0.5, 0.6) is 0 Å². The van der Waals surface area contributed by atoms with Gasteiger partial charge in [-0.3, -0.25) is 0 Å². The molecule has 0 radical (unpaired) electrons. The van der Waals surface area contributed by atoms with E-state index >= 15 is 0 Å². The number of ether oxygens (including phenoxy) is 1. The highest BCUT2D eigenvalue weighted by Crippen LogP contribution is 2.22. The maximum absolute atomic E-state index is 5.48. The van der Waals surface area contributed by atoms with Crippen molar-refractivity contribution in [2.75, 3.05) is 13.7 Å². The van der Waals surface area contributed by atoms with E-state index in [0.29, 0.717) is 11.7 Å². The fourth-order valence-corrected chi connectivity index (χ4v) is 2.09. The van der Waals surface area contributed by atoms with Crippen molar-refractivity contribution >= 4 is 0 Å². The third kappa shape index (κ3) is 3.88. The quantitative estimate of drug-likeness (QED) is 0.749. The van der Waals surface area contributed by atoms with E-state index in [1.165, 1.54) is 0 Å². The minimum absolute atomic E-state index is 0.280. The normalized spacial score (nSPS) is 12.5. The summed E-state index contributed by atoms with van der Waals surface area (Å²) >= 11 is 0. The Labute approximate surface area is 119 Å². The zero-order valence-electron chi connectivity index (χ0n) is 11.8. The Hall–Kier alpha value is -1.72. The van der Waals surface area contributed by atoms with Crippen LogP contribution in [0.4, 0.5) is 0 Å². The molecule has 0 fully saturated rings. The van der Waals surface area contributed by atoms with Gasteiger partial charge in [-0.05, 0) is 24.9 Å². The molecule has 5 heteroatoms. The molecule has 5 nitrogen and oxygen atoms in total. The number of methoxy groups -OCH3 is 1. The molecule has 1 aromatic heterocycles. The van der Waals surface area contributed by atoms with Crippen LogP contribution in [0.15, 0.2) is 34.9 Å². The van der Waals surface area contributed by atoms with Crippen molar-refractivity contribution in [1.82, 2.24) is 10.1 Å². The molecule has 1 heterocycles. The van der Waals surface area contributed by atoms with Crippen LogP contribution >= 0.6 is 0 Å². The molecular formula is C15H21N3O2. The first kappa shape index (κ1) is 14.7. The number of aromatic nitrogens is 2. The summed E-state index contributed by atoms with van der Waals surface area (Å²) in [6, 6.07) is 9.89. The van der Waals surface area contributed by atoms with Crippen LogP contribution in [0.25, 0.3) is 0 Å². The van der Waals surface area contributed by atoms with E-state index in [-0.39, 0.29) is 6.10 Å². The Morgan fingerprint density at radius 3 is 2.70 bits per heavy atom. The number of hydrogen-bond acceptors (Lipinski definition) is 5. The van der Waals surface area contributed by atoms with Crippen molar-refractivity contribution in [3.05, 3.63) is 47.6 Å². The average Bonchev–Trinajstić information content (AvgIpc) is 2.94. The van der Waals surface area contributed by atoms with Crippen molar-refractivity contribution in [3.8, 4) is 0 Å². The third-order valence-corrected chi connectivity index (χ3v) is 3.15. The van der Waals surface area contributed by atoms with Gasteiger partial charge in [-0.15, -0.1) is 0 Å². The summed E-state index contributed by atoms with van der Waals surface area (Å²) in [5.41, 5.74) is 6.49. The molecule has 1 unspecified atom stereocenters. The summed E-state index contributed by atoms with van der Waals surface area (Å²) in [6.45, 7) is 0.731. The Kier molecular flexibility index (Phi) is 5.70. The molecule has 0 aliphatic heterocycles. The van der Waals surface area contributed by atoms with Gasteiger partial charge in [0.2, 0.25) is 11.7 Å². The van der Waals surface area contributed by atoms with Crippen molar-refractivity contribution in [1.29, 1.82) is 0 Å². The fraction of sp³-hybridized carbons (Fsp3) is 0.467. The molecule has 0 aliphatic rings. The Bertz CT molecular complexity index is 499. The van der Waals surface area contributed by atoms with Gasteiger partial charge < -0.3 is 15.0 Å². The summed E-state index contributed by atoms with van der Waals surface area (Å²) < 4.78 is 10.8. The molecule has 0 saturated heterocycles. The summed E-state index contributed by atoms with van der Waals surface area (Å²) in [5.74, 6) is 1.24. The lowest BCUT2D eigenvalue weighted by Gasteiger charge is -2.10. The van der Waals surface area contributed by atoms with E-state index in [0.717, 1.165) is 37.8 Å². The minimum atomic E-state index is -0.280. The number of unbranched alkanes of at least 4 members (excludes halogenated alkanes) is 2. The second kappa shape index (κ2) is 7.77. The van der Waals surface area contributed by atoms with E-state index in [2.05, 4.69) is 10.1 Å². The zero-order valence-corrected chi connectivity index (χ0v) is 11.8. The molecule has 20 heavy (non-hydrogen) atoms. The lowest BCUT2D eigenvalue weighted by atomic mass is 10.1. The summed E-state index contributed by atoms with van der Waals surface area (Å²) in [5, 5.41) is 4.03. The first-order valence-corrected chi connectivity index (χ1v) is 6.95. The minimum Gasteiger partial charge on any atom is -0.369 e. The largest absolute Gasteiger partial charge is 0.369 e. The predicted octanol–water partition coefficient (Wildman–Crippen LogP) is 2.48. The first-order chi connectivity index (χ1) is 9.85. The van der Waals surface area contributed by atoms with Crippen molar-refractivity contribution in [2.24, 2.45) is 5.73 Å². The number of nitrogens with zero attached hydrogens (tertiary/aromatic N) is 2. The highest BCUT2D eigenvalue weighted by atomic mass is 16.5. The average molecular weight is 275 g/mol. The van der Waals surface area contributed by atoms with E-state index in [9.17, 15) is 0 Å². The van der Waals surface area contributed by atoms with Gasteiger partial charge in [-0.2, -0.15) is 4.98 Å². The van der Waals surface area contributed by atoms with Gasteiger partial charge >= 0.3 is 0 Å². The van der Waals surface area contributed by atoms with Crippen LogP contribution in [0.1, 0.15) is 42.6 Å². The van der Waals surface area contributed by atoms with Crippen LogP contribution in [-0.4, -0.2) is 23.8 Å². The van der Waals surface area contributed by atoms with E-state index < -0.39 is 0 Å². The van der Waals surface area contributed by atoms with Crippen LogP contribution in [0.3, 0.4) is 0 Å². The zero-order chi connectivity index (χ0) is 14.2. The lowest BCUT2D eigenvalue weighted by Crippen LogP contribution is -2.05. The van der Waals surface area contributed by atoms with Crippen LogP contribution in [0, 0.1) is 0 Å². The molecule has 108 valence electrons. The van der Waals surface area contributed by atoms with Crippen LogP contribution in [-0.2, 0) is 11.2 Å². The van der Waals surface area contributed by atoms with Gasteiger partial charge in [0.1, 0.15) is 6.10 Å². The van der Waals surface area contributed by atoms with Gasteiger partial charge in [-0.1, -0.05) is 41.9 Å². The molecule has 1 aromatic carbocycles. The molecule has 0 saturated carbocycles. The van der Waals surface area contributed by atoms with E-state index in [1.807, 2.05) is 30.3 Å². The highest BCUT2D eigenvalue weighted by molar-refractivity contribution is 5.22. The fourth-order valence-electron chi connectivity index (χ4n) is 2.09. The van der Waals surface area contributed by atoms with Crippen molar-refractivity contribution in [3.63, 3.8) is 0 Å². The summed E-state index contributed by atoms with van der Waals surface area (Å²) in [4.78, 5) is 4.42. The van der Waals surface area contributed by atoms with Gasteiger partial charge in [0.05, 0.1) is 0 Å². The molecule has 0 bridgehead atoms. The van der Waals surface area contributed by atoms with E-state index in [1.54, 1.807) is 7.11 Å². The van der Waals surface area contributed by atoms with Gasteiger partial charge in [0.15, 0.2) is 0 Å². The second-order valence-electron chi connectivity index (χ2n) is 4.67. The molecule has 1 atom stereocenters. The number of rotatable bonds is 8. The number of aryl methyl sites for hydroxylation is 1. The van der Waals surface area contributed by atoms with Crippen LogP contribution in [0.2, 0.25) is 0 Å². The second-order valence-corrected chi connectivity index (χ2v) is 4.67. The highest BCUT2D eigenvalue weighted by Gasteiger charge is 2.19. The molecule has 0 spiro atoms. The lowest BCUT2D eigenvalue weighted by molar-refractivity contribution is 0.126. The van der Waals surface area contributed by atoms with E-state index in [4.69, 9.17) is 15.0 Å². The smallest absolute Gasteiger partial charge is 0.226 e. The number of hydrogen-bond donors (Lipinski definition) is 1. The van der Waals surface area contributed by atoms with Gasteiger partial charge in [-0.25, -0.2) is 0 Å². The Morgan fingerprint density at radius 2 is 2.00 bits per heavy atom. The van der Waals surface area contributed by atoms with Gasteiger partial charge in [0.25, 0.3) is 0 Å². The summed E-state index contributed by atoms with van der Waals surface area (Å²) in [7, 11) is 1.65. The monoisotopic (exact) mass is 275 g/mol. The molecule has 2 rings (SSSR count). The maximum Gasteiger partial charge on any atom is 0.226 e. The van der Waals surface area contributed by atoms with Gasteiger partial charge in [0, 0.05) is 13.5 Å². The SMILES string of the molecule is COC(c1ccccc1)c1noc(CCCCCN)n1. The molecular weight excluding hydrogens is 254 g/mol. The molecule has 0 aliphatic carbocycles. The summed E-state index contributed by atoms with van der Waals surface area (Å²) in [6.07, 6.45) is 3.64. The van der Waals surface area contributed by atoms with Crippen LogP contribution < -0.4 is 5.73 Å². The maximum atomic E-state index is 5.48. The third-order valence-electron chi connectivity index (χ3n) is 3.15. The molecule has 0 amide bonds. The number of benzene rings is 1. The predicted molar refractivity (Wildman–Crippen MR) is 76.2 cm³/mol.